The summed E-state index contributed by atoms with van der Waals surface area (Å²) in [5, 5.41) is 0. The molecule has 230 valence electrons. The summed E-state index contributed by atoms with van der Waals surface area (Å²) in [4.78, 5) is 34.5. The fourth-order valence-electron chi connectivity index (χ4n) is 9.77. The Bertz CT molecular complexity index is 1210. The summed E-state index contributed by atoms with van der Waals surface area (Å²) in [7, 11) is 1.79. The maximum atomic E-state index is 14.5. The van der Waals surface area contributed by atoms with E-state index in [-0.39, 0.29) is 23.5 Å². The maximum absolute atomic E-state index is 14.5. The van der Waals surface area contributed by atoms with Crippen LogP contribution < -0.4 is 4.74 Å². The second kappa shape index (κ2) is 10.7. The number of hydrogen-bond donors (Lipinski definition) is 0. The van der Waals surface area contributed by atoms with Crippen LogP contribution in [0.1, 0.15) is 96.1 Å². The summed E-state index contributed by atoms with van der Waals surface area (Å²) in [6, 6.07) is 7.31. The summed E-state index contributed by atoms with van der Waals surface area (Å²) < 4.78 is 11.6. The average molecular weight is 578 g/mol. The Morgan fingerprint density at radius 1 is 0.976 bits per heavy atom. The highest BCUT2D eigenvalue weighted by molar-refractivity contribution is 5.87. The van der Waals surface area contributed by atoms with Gasteiger partial charge in [-0.2, -0.15) is 0 Å². The van der Waals surface area contributed by atoms with Gasteiger partial charge in [-0.15, -0.1) is 0 Å². The molecule has 7 nitrogen and oxygen atoms in total. The molecule has 4 aliphatic heterocycles. The van der Waals surface area contributed by atoms with Gasteiger partial charge in [0, 0.05) is 37.1 Å². The van der Waals surface area contributed by atoms with Gasteiger partial charge in [0.1, 0.15) is 17.4 Å². The minimum Gasteiger partial charge on any atom is -0.497 e. The Labute approximate surface area is 252 Å². The minimum atomic E-state index is -0.569. The third kappa shape index (κ3) is 5.01. The molecule has 5 fully saturated rings. The van der Waals surface area contributed by atoms with Crippen molar-refractivity contribution in [2.45, 2.75) is 121 Å². The van der Waals surface area contributed by atoms with Crippen molar-refractivity contribution >= 4 is 12.0 Å². The van der Waals surface area contributed by atoms with E-state index < -0.39 is 11.6 Å². The monoisotopic (exact) mass is 577 g/mol. The number of ether oxygens (including phenoxy) is 2. The first-order valence-electron chi connectivity index (χ1n) is 16.9. The van der Waals surface area contributed by atoms with Gasteiger partial charge < -0.3 is 14.4 Å². The fourth-order valence-corrected chi connectivity index (χ4v) is 9.77. The highest BCUT2D eigenvalue weighted by Crippen LogP contribution is 2.58. The summed E-state index contributed by atoms with van der Waals surface area (Å²) in [5.74, 6) is 2.97. The van der Waals surface area contributed by atoms with E-state index in [0.717, 1.165) is 56.9 Å². The molecule has 7 heteroatoms. The lowest BCUT2D eigenvalue weighted by Gasteiger charge is -2.51. The van der Waals surface area contributed by atoms with Crippen LogP contribution in [-0.2, 0) is 21.4 Å². The molecular formula is C35H51N3O4. The smallest absolute Gasteiger partial charge is 0.410 e. The van der Waals surface area contributed by atoms with Gasteiger partial charge in [0.15, 0.2) is 0 Å². The Hall–Kier alpha value is -2.28. The molecule has 4 heterocycles. The minimum absolute atomic E-state index is 0.0596. The van der Waals surface area contributed by atoms with Gasteiger partial charge >= 0.3 is 6.09 Å². The van der Waals surface area contributed by atoms with Gasteiger partial charge in [0.05, 0.1) is 7.11 Å². The molecule has 1 spiro atoms. The van der Waals surface area contributed by atoms with E-state index in [1.165, 1.54) is 56.2 Å². The largest absolute Gasteiger partial charge is 0.497 e. The van der Waals surface area contributed by atoms with Crippen LogP contribution in [0.5, 0.6) is 5.75 Å². The Kier molecular flexibility index (Phi) is 7.26. The number of amides is 2. The number of nitrogens with zero attached hydrogens (tertiary/aromatic N) is 3. The molecule has 0 aromatic heterocycles. The Balaban J connectivity index is 1.24. The molecular weight excluding hydrogens is 526 g/mol. The molecule has 42 heavy (non-hydrogen) atoms. The molecule has 1 aromatic rings. The lowest BCUT2D eigenvalue weighted by atomic mass is 9.55. The van der Waals surface area contributed by atoms with Gasteiger partial charge in [-0.1, -0.05) is 12.5 Å². The van der Waals surface area contributed by atoms with Crippen LogP contribution in [0.15, 0.2) is 18.2 Å². The molecule has 7 aliphatic rings. The van der Waals surface area contributed by atoms with Gasteiger partial charge in [0.25, 0.3) is 0 Å². The number of likely N-dealkylation sites (tertiary alicyclic amines) is 2. The van der Waals surface area contributed by atoms with Crippen molar-refractivity contribution in [3.63, 3.8) is 0 Å². The van der Waals surface area contributed by atoms with Crippen molar-refractivity contribution in [2.75, 3.05) is 33.3 Å². The highest BCUT2D eigenvalue weighted by Gasteiger charge is 2.59. The first-order chi connectivity index (χ1) is 20.2. The third-order valence-corrected chi connectivity index (χ3v) is 11.7. The van der Waals surface area contributed by atoms with Crippen molar-refractivity contribution in [1.82, 2.24) is 14.7 Å². The zero-order valence-electron chi connectivity index (χ0n) is 26.3. The van der Waals surface area contributed by atoms with Crippen molar-refractivity contribution in [3.8, 4) is 5.75 Å². The van der Waals surface area contributed by atoms with E-state index >= 15 is 0 Å². The van der Waals surface area contributed by atoms with Crippen molar-refractivity contribution in [2.24, 2.45) is 17.8 Å². The fraction of sp³-hybridized carbons (Fsp3) is 0.771. The zero-order chi connectivity index (χ0) is 29.2. The van der Waals surface area contributed by atoms with Crippen LogP contribution in [0.4, 0.5) is 4.79 Å². The van der Waals surface area contributed by atoms with Gasteiger partial charge in [-0.05, 0) is 133 Å². The average Bonchev–Trinajstić information content (AvgIpc) is 3.46. The summed E-state index contributed by atoms with van der Waals surface area (Å²) in [6.45, 7) is 9.56. The van der Waals surface area contributed by atoms with E-state index in [1.54, 1.807) is 12.0 Å². The topological polar surface area (TPSA) is 62.3 Å². The number of carbonyl (C=O) groups is 2. The molecule has 4 unspecified atom stereocenters. The van der Waals surface area contributed by atoms with Crippen molar-refractivity contribution in [1.29, 1.82) is 0 Å². The van der Waals surface area contributed by atoms with E-state index in [2.05, 4.69) is 28.0 Å². The lowest BCUT2D eigenvalue weighted by molar-refractivity contribution is -0.138. The van der Waals surface area contributed by atoms with Crippen LogP contribution >= 0.6 is 0 Å². The summed E-state index contributed by atoms with van der Waals surface area (Å²) >= 11 is 0. The normalized spacial score (nSPS) is 34.6. The predicted octanol–water partition coefficient (Wildman–Crippen LogP) is 5.78. The molecule has 2 amide bonds. The zero-order valence-corrected chi connectivity index (χ0v) is 26.3. The van der Waals surface area contributed by atoms with E-state index in [0.29, 0.717) is 24.4 Å². The number of hydrogen-bond acceptors (Lipinski definition) is 5. The molecule has 8 rings (SSSR count). The number of benzene rings is 1. The quantitative estimate of drug-likeness (QED) is 0.454. The van der Waals surface area contributed by atoms with E-state index in [1.807, 2.05) is 20.8 Å². The van der Waals surface area contributed by atoms with Crippen LogP contribution in [0, 0.1) is 17.8 Å². The second-order valence-corrected chi connectivity index (χ2v) is 15.4. The first-order valence-corrected chi connectivity index (χ1v) is 16.9. The summed E-state index contributed by atoms with van der Waals surface area (Å²) in [6.07, 6.45) is 12.1. The van der Waals surface area contributed by atoms with Gasteiger partial charge in [-0.3, -0.25) is 14.6 Å². The molecule has 3 aliphatic carbocycles. The molecule has 0 radical (unpaired) electrons. The van der Waals surface area contributed by atoms with E-state index in [4.69, 9.17) is 9.47 Å². The van der Waals surface area contributed by atoms with Gasteiger partial charge in [-0.25, -0.2) is 4.79 Å². The predicted molar refractivity (Wildman–Crippen MR) is 163 cm³/mol. The maximum Gasteiger partial charge on any atom is 0.410 e. The molecule has 6 atom stereocenters. The standard InChI is InChI=1S/C35H51N3O4/c1-34(2,3)42-33(40)37-17-6-8-30(37)32(39)38-22-25-11-13-26-19-24-12-14-27(41-4)20-28(24)35(15-5-7-29(38)31(25)35)16-18-36(26)21-23-9-10-23/h12,14,20,23,25-26,29-31H,5-11,13,15-19,21-22H2,1-4H3/t25-,26?,29?,30+,31?,35?/m1/s1. The Morgan fingerprint density at radius 3 is 2.57 bits per heavy atom. The van der Waals surface area contributed by atoms with Crippen LogP contribution in [0.25, 0.3) is 0 Å². The van der Waals surface area contributed by atoms with E-state index in [9.17, 15) is 9.59 Å². The summed E-state index contributed by atoms with van der Waals surface area (Å²) in [5.41, 5.74) is 2.52. The molecule has 0 N–H and O–H groups in total. The van der Waals surface area contributed by atoms with Gasteiger partial charge in [0.2, 0.25) is 5.91 Å². The number of methoxy groups -OCH3 is 1. The van der Waals surface area contributed by atoms with Crippen LogP contribution in [0.2, 0.25) is 0 Å². The Morgan fingerprint density at radius 2 is 1.81 bits per heavy atom. The van der Waals surface area contributed by atoms with Crippen molar-refractivity contribution < 1.29 is 19.1 Å². The third-order valence-electron chi connectivity index (χ3n) is 11.7. The highest BCUT2D eigenvalue weighted by atomic mass is 16.6. The molecule has 1 aromatic carbocycles. The second-order valence-electron chi connectivity index (χ2n) is 15.4. The molecule has 2 bridgehead atoms. The van der Waals surface area contributed by atoms with Crippen LogP contribution in [-0.4, -0.2) is 83.7 Å². The number of rotatable bonds is 4. The molecule has 3 saturated heterocycles. The number of carbonyl (C=O) groups excluding carboxylic acids is 2. The molecule has 2 saturated carbocycles. The number of fused-ring (bicyclic) bond motifs is 3. The van der Waals surface area contributed by atoms with Crippen molar-refractivity contribution in [3.05, 3.63) is 29.3 Å². The van der Waals surface area contributed by atoms with Crippen LogP contribution in [0.3, 0.4) is 0 Å². The SMILES string of the molecule is COc1ccc2c(c1)C13CCCC4C1[C@H](CCC(C2)N(CC1CC1)CC3)CN4C(=O)[C@@H]1CCCN1C(=O)OC(C)(C)C. The first kappa shape index (κ1) is 28.5. The lowest BCUT2D eigenvalue weighted by Crippen LogP contribution is -2.55.